The van der Waals surface area contributed by atoms with E-state index in [0.717, 1.165) is 0 Å². The summed E-state index contributed by atoms with van der Waals surface area (Å²) < 4.78 is 35.5. The second-order valence-electron chi connectivity index (χ2n) is 5.56. The Morgan fingerprint density at radius 1 is 0.963 bits per heavy atom. The van der Waals surface area contributed by atoms with Crippen LogP contribution in [0.5, 0.6) is 0 Å². The molecule has 0 saturated carbocycles. The summed E-state index contributed by atoms with van der Waals surface area (Å²) in [5.74, 6) is 0.179. The van der Waals surface area contributed by atoms with Crippen LogP contribution in [0.25, 0.3) is 17.3 Å². The van der Waals surface area contributed by atoms with E-state index in [1.807, 2.05) is 0 Å². The summed E-state index contributed by atoms with van der Waals surface area (Å²) in [7, 11) is 0. The predicted molar refractivity (Wildman–Crippen MR) is 100.0 cm³/mol. The van der Waals surface area contributed by atoms with Crippen LogP contribution in [0.3, 0.4) is 0 Å². The van der Waals surface area contributed by atoms with Crippen molar-refractivity contribution in [3.63, 3.8) is 0 Å². The van der Waals surface area contributed by atoms with Gasteiger partial charge < -0.3 is 4.42 Å². The van der Waals surface area contributed by atoms with Crippen molar-refractivity contribution >= 4 is 23.4 Å². The Bertz CT molecular complexity index is 1060. The normalized spacial score (nSPS) is 11.1. The number of benzene rings is 2. The van der Waals surface area contributed by atoms with Gasteiger partial charge in [-0.15, -0.1) is 10.2 Å². The lowest BCUT2D eigenvalue weighted by molar-refractivity contribution is 0.572. The first-order chi connectivity index (χ1) is 13.1. The molecule has 0 aliphatic heterocycles. The van der Waals surface area contributed by atoms with Crippen molar-refractivity contribution in [1.82, 2.24) is 14.8 Å². The Balaban J connectivity index is 1.76. The van der Waals surface area contributed by atoms with E-state index in [9.17, 15) is 8.78 Å². The molecule has 136 valence electrons. The molecule has 0 radical (unpaired) electrons. The molecule has 0 aliphatic carbocycles. The molecular weight excluding hydrogens is 392 g/mol. The molecule has 4 nitrogen and oxygen atoms in total. The quantitative estimate of drug-likeness (QED) is 0.398. The first-order valence-corrected chi connectivity index (χ1v) is 9.31. The van der Waals surface area contributed by atoms with Crippen molar-refractivity contribution in [2.75, 3.05) is 0 Å². The van der Waals surface area contributed by atoms with Crippen LogP contribution in [0.4, 0.5) is 8.78 Å². The summed E-state index contributed by atoms with van der Waals surface area (Å²) >= 11 is 7.30. The fourth-order valence-electron chi connectivity index (χ4n) is 2.59. The number of aromatic nitrogens is 3. The molecule has 0 spiro atoms. The minimum Gasteiger partial charge on any atom is -0.461 e. The Morgan fingerprint density at radius 3 is 2.52 bits per heavy atom. The van der Waals surface area contributed by atoms with Crippen LogP contribution < -0.4 is 0 Å². The lowest BCUT2D eigenvalue weighted by Crippen LogP contribution is -2.02. The lowest BCUT2D eigenvalue weighted by Gasteiger charge is -2.10. The number of rotatable bonds is 5. The molecule has 2 heterocycles. The van der Waals surface area contributed by atoms with E-state index in [1.165, 1.54) is 30.2 Å². The summed E-state index contributed by atoms with van der Waals surface area (Å²) in [5, 5.41) is 9.00. The highest BCUT2D eigenvalue weighted by Gasteiger charge is 2.21. The third-order valence-electron chi connectivity index (χ3n) is 3.88. The Morgan fingerprint density at radius 2 is 1.78 bits per heavy atom. The highest BCUT2D eigenvalue weighted by molar-refractivity contribution is 7.98. The minimum atomic E-state index is -0.434. The third-order valence-corrected chi connectivity index (χ3v) is 5.19. The first kappa shape index (κ1) is 17.8. The molecule has 2 aromatic carbocycles. The number of halogens is 3. The Labute approximate surface area is 162 Å². The first-order valence-electron chi connectivity index (χ1n) is 7.95. The van der Waals surface area contributed by atoms with Gasteiger partial charge in [0.1, 0.15) is 11.6 Å². The average Bonchev–Trinajstić information content (AvgIpc) is 3.31. The molecule has 0 fully saturated rings. The van der Waals surface area contributed by atoms with Crippen LogP contribution in [-0.2, 0) is 5.75 Å². The number of hydrogen-bond donors (Lipinski definition) is 0. The van der Waals surface area contributed by atoms with E-state index >= 15 is 0 Å². The zero-order chi connectivity index (χ0) is 18.8. The highest BCUT2D eigenvalue weighted by Crippen LogP contribution is 2.32. The van der Waals surface area contributed by atoms with Crippen molar-refractivity contribution in [2.45, 2.75) is 10.9 Å². The van der Waals surface area contributed by atoms with Gasteiger partial charge in [0.05, 0.1) is 12.0 Å². The average molecular weight is 404 g/mol. The van der Waals surface area contributed by atoms with E-state index < -0.39 is 11.6 Å². The second-order valence-corrected chi connectivity index (χ2v) is 6.91. The maximum absolute atomic E-state index is 14.4. The predicted octanol–water partition coefficient (Wildman–Crippen LogP) is 5.75. The van der Waals surface area contributed by atoms with Gasteiger partial charge >= 0.3 is 0 Å². The smallest absolute Gasteiger partial charge is 0.205 e. The van der Waals surface area contributed by atoms with Gasteiger partial charge in [-0.2, -0.15) is 0 Å². The van der Waals surface area contributed by atoms with Gasteiger partial charge in [-0.3, -0.25) is 4.57 Å². The molecule has 8 heteroatoms. The maximum Gasteiger partial charge on any atom is 0.205 e. The number of para-hydroxylation sites is 1. The number of thioether (sulfide) groups is 1. The number of furan rings is 1. The van der Waals surface area contributed by atoms with Crippen molar-refractivity contribution in [1.29, 1.82) is 0 Å². The van der Waals surface area contributed by atoms with Gasteiger partial charge in [0.25, 0.3) is 0 Å². The summed E-state index contributed by atoms with van der Waals surface area (Å²) in [6, 6.07) is 14.2. The van der Waals surface area contributed by atoms with Gasteiger partial charge in [0.2, 0.25) is 5.82 Å². The molecule has 0 atom stereocenters. The van der Waals surface area contributed by atoms with E-state index in [-0.39, 0.29) is 11.4 Å². The molecule has 0 saturated heterocycles. The molecule has 0 aliphatic rings. The van der Waals surface area contributed by atoms with Gasteiger partial charge in [0, 0.05) is 16.3 Å². The molecule has 4 rings (SSSR count). The minimum absolute atomic E-state index is 0.218. The maximum atomic E-state index is 14.4. The van der Waals surface area contributed by atoms with Crippen molar-refractivity contribution in [2.24, 2.45) is 0 Å². The van der Waals surface area contributed by atoms with Crippen molar-refractivity contribution in [3.8, 4) is 17.3 Å². The lowest BCUT2D eigenvalue weighted by atomic mass is 10.2. The number of hydrogen-bond acceptors (Lipinski definition) is 4. The van der Waals surface area contributed by atoms with Gasteiger partial charge in [0.15, 0.2) is 10.9 Å². The van der Waals surface area contributed by atoms with Crippen molar-refractivity contribution < 1.29 is 13.2 Å². The van der Waals surface area contributed by atoms with Gasteiger partial charge in [-0.25, -0.2) is 8.78 Å². The zero-order valence-corrected chi connectivity index (χ0v) is 15.3. The fraction of sp³-hybridized carbons (Fsp3) is 0.0526. The molecule has 0 amide bonds. The summed E-state index contributed by atoms with van der Waals surface area (Å²) in [4.78, 5) is 0. The van der Waals surface area contributed by atoms with Crippen LogP contribution in [0, 0.1) is 11.6 Å². The van der Waals surface area contributed by atoms with E-state index in [2.05, 4.69) is 10.2 Å². The monoisotopic (exact) mass is 403 g/mol. The van der Waals surface area contributed by atoms with Crippen LogP contribution in [0.15, 0.2) is 70.4 Å². The fourth-order valence-corrected chi connectivity index (χ4v) is 3.87. The highest BCUT2D eigenvalue weighted by atomic mass is 35.5. The molecule has 4 aromatic rings. The van der Waals surface area contributed by atoms with E-state index in [4.69, 9.17) is 16.0 Å². The van der Waals surface area contributed by atoms with Crippen LogP contribution in [0.2, 0.25) is 5.02 Å². The summed E-state index contributed by atoms with van der Waals surface area (Å²) in [5.41, 5.74) is 0.628. The Kier molecular flexibility index (Phi) is 4.96. The van der Waals surface area contributed by atoms with Gasteiger partial charge in [-0.1, -0.05) is 41.6 Å². The standard InChI is InChI=1S/C19H12ClF2N3OS/c20-13-5-3-7-14(21)12(13)11-27-19-24-23-18(17-9-4-10-26-17)25(19)16-8-2-1-6-15(16)22/h1-10H,11H2. The van der Waals surface area contributed by atoms with Crippen LogP contribution in [-0.4, -0.2) is 14.8 Å². The summed E-state index contributed by atoms with van der Waals surface area (Å²) in [6.07, 6.45) is 1.50. The SMILES string of the molecule is Fc1ccccc1-n1c(SCc2c(F)cccc2Cl)nnc1-c1ccco1. The molecular formula is C19H12ClF2N3OS. The van der Waals surface area contributed by atoms with Crippen LogP contribution >= 0.6 is 23.4 Å². The largest absolute Gasteiger partial charge is 0.461 e. The molecule has 0 unspecified atom stereocenters. The van der Waals surface area contributed by atoms with E-state index in [0.29, 0.717) is 27.3 Å². The summed E-state index contributed by atoms with van der Waals surface area (Å²) in [6.45, 7) is 0. The zero-order valence-electron chi connectivity index (χ0n) is 13.8. The van der Waals surface area contributed by atoms with Gasteiger partial charge in [-0.05, 0) is 36.4 Å². The topological polar surface area (TPSA) is 43.9 Å². The van der Waals surface area contributed by atoms with Crippen LogP contribution in [0.1, 0.15) is 5.56 Å². The molecule has 0 bridgehead atoms. The second kappa shape index (κ2) is 7.54. The molecule has 27 heavy (non-hydrogen) atoms. The van der Waals surface area contributed by atoms with Crippen molar-refractivity contribution in [3.05, 3.63) is 83.1 Å². The number of nitrogens with zero attached hydrogens (tertiary/aromatic N) is 3. The molecule has 0 N–H and O–H groups in total. The Hall–Kier alpha value is -2.64. The third kappa shape index (κ3) is 3.48. The molecule has 2 aromatic heterocycles. The van der Waals surface area contributed by atoms with E-state index in [1.54, 1.807) is 47.0 Å².